The van der Waals surface area contributed by atoms with E-state index < -0.39 is 0 Å². The Bertz CT molecular complexity index is 642. The maximum atomic E-state index is 12.6. The van der Waals surface area contributed by atoms with Gasteiger partial charge in [-0.05, 0) is 55.2 Å². The zero-order chi connectivity index (χ0) is 13.9. The molecule has 0 radical (unpaired) electrons. The van der Waals surface area contributed by atoms with E-state index in [0.717, 1.165) is 35.5 Å². The van der Waals surface area contributed by atoms with E-state index in [1.807, 2.05) is 36.4 Å². The number of ketones is 1. The van der Waals surface area contributed by atoms with Crippen molar-refractivity contribution in [1.29, 1.82) is 0 Å². The third kappa shape index (κ3) is 2.52. The molecule has 0 bridgehead atoms. The molecule has 0 saturated heterocycles. The van der Waals surface area contributed by atoms with Crippen molar-refractivity contribution in [2.45, 2.75) is 19.8 Å². The van der Waals surface area contributed by atoms with Gasteiger partial charge in [0, 0.05) is 11.1 Å². The van der Waals surface area contributed by atoms with Gasteiger partial charge in [0.1, 0.15) is 11.5 Å². The molecule has 0 amide bonds. The molecule has 1 aliphatic rings. The molecule has 1 unspecified atom stereocenters. The Kier molecular flexibility index (Phi) is 3.42. The molecule has 0 aliphatic heterocycles. The zero-order valence-corrected chi connectivity index (χ0v) is 11.3. The van der Waals surface area contributed by atoms with Gasteiger partial charge in [0.25, 0.3) is 0 Å². The summed E-state index contributed by atoms with van der Waals surface area (Å²) in [5.74, 6) is 1.79. The first-order valence-electron chi connectivity index (χ1n) is 6.78. The molecule has 0 N–H and O–H groups in total. The summed E-state index contributed by atoms with van der Waals surface area (Å²) in [5, 5.41) is 0. The second-order valence-electron chi connectivity index (χ2n) is 5.07. The predicted octanol–water partition coefficient (Wildman–Crippen LogP) is 4.34. The number of hydrogen-bond donors (Lipinski definition) is 0. The van der Waals surface area contributed by atoms with Crippen LogP contribution >= 0.6 is 0 Å². The molecule has 0 spiro atoms. The van der Waals surface area contributed by atoms with E-state index in [4.69, 9.17) is 8.83 Å². The van der Waals surface area contributed by atoms with Crippen LogP contribution in [-0.2, 0) is 4.79 Å². The summed E-state index contributed by atoms with van der Waals surface area (Å²) in [5.41, 5.74) is 1.61. The zero-order valence-electron chi connectivity index (χ0n) is 11.3. The Morgan fingerprint density at radius 3 is 2.35 bits per heavy atom. The van der Waals surface area contributed by atoms with Gasteiger partial charge in [-0.1, -0.05) is 6.92 Å². The Labute approximate surface area is 117 Å². The number of hydrogen-bond acceptors (Lipinski definition) is 3. The topological polar surface area (TPSA) is 43.4 Å². The van der Waals surface area contributed by atoms with Crippen molar-refractivity contribution < 1.29 is 13.6 Å². The minimum absolute atomic E-state index is 0.0940. The van der Waals surface area contributed by atoms with Crippen LogP contribution in [0.25, 0.3) is 12.2 Å². The van der Waals surface area contributed by atoms with E-state index in [0.29, 0.717) is 0 Å². The van der Waals surface area contributed by atoms with Crippen molar-refractivity contribution in [3.8, 4) is 0 Å². The van der Waals surface area contributed by atoms with E-state index in [1.54, 1.807) is 12.5 Å². The maximum absolute atomic E-state index is 12.6. The quantitative estimate of drug-likeness (QED) is 0.761. The molecule has 3 nitrogen and oxygen atoms in total. The second-order valence-corrected chi connectivity index (χ2v) is 5.07. The Morgan fingerprint density at radius 2 is 1.75 bits per heavy atom. The molecule has 1 saturated carbocycles. The summed E-state index contributed by atoms with van der Waals surface area (Å²) >= 11 is 0. The average Bonchev–Trinajstić information content (AvgIpc) is 3.11. The first kappa shape index (κ1) is 12.7. The monoisotopic (exact) mass is 268 g/mol. The lowest BCUT2D eigenvalue weighted by molar-refractivity contribution is -0.113. The van der Waals surface area contributed by atoms with E-state index in [1.165, 1.54) is 0 Å². The van der Waals surface area contributed by atoms with E-state index in [9.17, 15) is 4.79 Å². The summed E-state index contributed by atoms with van der Waals surface area (Å²) in [4.78, 5) is 12.6. The van der Waals surface area contributed by atoms with Crippen molar-refractivity contribution in [3.05, 3.63) is 59.5 Å². The van der Waals surface area contributed by atoms with Gasteiger partial charge in [-0.25, -0.2) is 0 Å². The highest BCUT2D eigenvalue weighted by Gasteiger charge is 2.26. The fourth-order valence-electron chi connectivity index (χ4n) is 2.47. The van der Waals surface area contributed by atoms with Crippen LogP contribution < -0.4 is 0 Å². The summed E-state index contributed by atoms with van der Waals surface area (Å²) < 4.78 is 10.6. The fraction of sp³-hybridized carbons (Fsp3) is 0.235. The summed E-state index contributed by atoms with van der Waals surface area (Å²) in [6.45, 7) is 2.08. The molecule has 0 aromatic carbocycles. The molecule has 2 aromatic heterocycles. The highest BCUT2D eigenvalue weighted by atomic mass is 16.3. The predicted molar refractivity (Wildman–Crippen MR) is 76.8 cm³/mol. The molecule has 20 heavy (non-hydrogen) atoms. The Hall–Kier alpha value is -2.29. The third-order valence-corrected chi connectivity index (χ3v) is 3.63. The lowest BCUT2D eigenvalue weighted by atomic mass is 9.80. The van der Waals surface area contributed by atoms with Gasteiger partial charge in [0.15, 0.2) is 5.78 Å². The van der Waals surface area contributed by atoms with Crippen LogP contribution in [0.2, 0.25) is 0 Å². The van der Waals surface area contributed by atoms with Gasteiger partial charge in [0.05, 0.1) is 12.5 Å². The van der Waals surface area contributed by atoms with Crippen molar-refractivity contribution in [3.63, 3.8) is 0 Å². The minimum Gasteiger partial charge on any atom is -0.465 e. The molecule has 2 aromatic rings. The van der Waals surface area contributed by atoms with Gasteiger partial charge in [-0.3, -0.25) is 4.79 Å². The van der Waals surface area contributed by atoms with Gasteiger partial charge >= 0.3 is 0 Å². The Morgan fingerprint density at radius 1 is 1.10 bits per heavy atom. The first-order valence-corrected chi connectivity index (χ1v) is 6.78. The molecular weight excluding hydrogens is 252 g/mol. The molecule has 1 atom stereocenters. The normalized spacial score (nSPS) is 23.6. The van der Waals surface area contributed by atoms with Crippen molar-refractivity contribution >= 4 is 17.9 Å². The standard InChI is InChI=1S/C17H16O3/c1-12-6-7-13(10-14-4-2-8-19-14)17(18)16(12)11-15-5-3-9-20-15/h2-5,8-12H,6-7H2,1H3/b13-10+,16-11+. The number of rotatable bonds is 2. The molecule has 3 heteroatoms. The molecule has 102 valence electrons. The van der Waals surface area contributed by atoms with E-state index in [2.05, 4.69) is 6.92 Å². The minimum atomic E-state index is 0.0940. The van der Waals surface area contributed by atoms with Gasteiger partial charge in [-0.2, -0.15) is 0 Å². The van der Waals surface area contributed by atoms with Gasteiger partial charge in [-0.15, -0.1) is 0 Å². The molecule has 3 rings (SSSR count). The van der Waals surface area contributed by atoms with Crippen molar-refractivity contribution in [1.82, 2.24) is 0 Å². The van der Waals surface area contributed by atoms with E-state index >= 15 is 0 Å². The largest absolute Gasteiger partial charge is 0.465 e. The van der Waals surface area contributed by atoms with Crippen LogP contribution in [0.4, 0.5) is 0 Å². The highest BCUT2D eigenvalue weighted by Crippen LogP contribution is 2.32. The lowest BCUT2D eigenvalue weighted by Crippen LogP contribution is -2.19. The lowest BCUT2D eigenvalue weighted by Gasteiger charge is -2.22. The number of carbonyl (C=O) groups is 1. The number of carbonyl (C=O) groups excluding carboxylic acids is 1. The summed E-state index contributed by atoms with van der Waals surface area (Å²) in [7, 11) is 0. The number of furan rings is 2. The molecular formula is C17H16O3. The highest BCUT2D eigenvalue weighted by molar-refractivity contribution is 6.14. The van der Waals surface area contributed by atoms with E-state index in [-0.39, 0.29) is 11.7 Å². The van der Waals surface area contributed by atoms with Gasteiger partial charge < -0.3 is 8.83 Å². The van der Waals surface area contributed by atoms with Crippen LogP contribution in [0.1, 0.15) is 31.3 Å². The Balaban J connectivity index is 1.92. The van der Waals surface area contributed by atoms with Crippen LogP contribution in [0, 0.1) is 5.92 Å². The van der Waals surface area contributed by atoms with Crippen LogP contribution in [0.15, 0.2) is 56.8 Å². The smallest absolute Gasteiger partial charge is 0.185 e. The fourth-order valence-corrected chi connectivity index (χ4v) is 2.47. The number of allylic oxidation sites excluding steroid dienone is 2. The maximum Gasteiger partial charge on any atom is 0.185 e. The van der Waals surface area contributed by atoms with Crippen LogP contribution in [-0.4, -0.2) is 5.78 Å². The summed E-state index contributed by atoms with van der Waals surface area (Å²) in [6.07, 6.45) is 8.67. The summed E-state index contributed by atoms with van der Waals surface area (Å²) in [6, 6.07) is 7.36. The first-order chi connectivity index (χ1) is 9.74. The molecule has 1 fully saturated rings. The van der Waals surface area contributed by atoms with Gasteiger partial charge in [0.2, 0.25) is 0 Å². The SMILES string of the molecule is CC1CC/C(=C\c2ccco2)C(=O)/C1=C/c1ccco1. The van der Waals surface area contributed by atoms with Crippen LogP contribution in [0.5, 0.6) is 0 Å². The van der Waals surface area contributed by atoms with Crippen molar-refractivity contribution in [2.75, 3.05) is 0 Å². The average molecular weight is 268 g/mol. The number of Topliss-reactive ketones (excluding diaryl/α,β-unsaturated/α-hetero) is 1. The third-order valence-electron chi connectivity index (χ3n) is 3.63. The molecule has 2 heterocycles. The van der Waals surface area contributed by atoms with Crippen LogP contribution in [0.3, 0.4) is 0 Å². The molecule has 1 aliphatic carbocycles. The second kappa shape index (κ2) is 5.37. The van der Waals surface area contributed by atoms with Crippen molar-refractivity contribution in [2.24, 2.45) is 5.92 Å².